The summed E-state index contributed by atoms with van der Waals surface area (Å²) in [5, 5.41) is 7.66. The Morgan fingerprint density at radius 1 is 1.25 bits per heavy atom. The predicted octanol–water partition coefficient (Wildman–Crippen LogP) is 3.90. The standard InChI is InChI=1S/C18H21ClFN5O2S/c1-5-13-16(28(26,27)24-18(2,3)4)17-21-9-8-15(25(17)23-13)22-14-10-11(19)6-7-12(14)20/h6-10,22,24H,5H2,1-4H3. The second-order valence-electron chi connectivity index (χ2n) is 7.30. The van der Waals surface area contributed by atoms with Gasteiger partial charge >= 0.3 is 0 Å². The maximum Gasteiger partial charge on any atom is 0.246 e. The van der Waals surface area contributed by atoms with Crippen LogP contribution in [0.3, 0.4) is 0 Å². The maximum absolute atomic E-state index is 14.1. The fraction of sp³-hybridized carbons (Fsp3) is 0.333. The van der Waals surface area contributed by atoms with Crippen molar-refractivity contribution in [3.05, 3.63) is 47.0 Å². The van der Waals surface area contributed by atoms with Gasteiger partial charge in [0, 0.05) is 16.8 Å². The SMILES string of the molecule is CCc1nn2c(Nc3cc(Cl)ccc3F)ccnc2c1S(=O)(=O)NC(C)(C)C. The van der Waals surface area contributed by atoms with Gasteiger partial charge in [0.15, 0.2) is 5.65 Å². The van der Waals surface area contributed by atoms with E-state index >= 15 is 0 Å². The number of benzene rings is 1. The van der Waals surface area contributed by atoms with Crippen molar-refractivity contribution in [3.63, 3.8) is 0 Å². The Kier molecular flexibility index (Phi) is 5.35. The minimum absolute atomic E-state index is 0.0140. The lowest BCUT2D eigenvalue weighted by molar-refractivity contribution is 0.491. The van der Waals surface area contributed by atoms with Crippen molar-refractivity contribution in [3.8, 4) is 0 Å². The quantitative estimate of drug-likeness (QED) is 0.647. The Morgan fingerprint density at radius 3 is 2.61 bits per heavy atom. The van der Waals surface area contributed by atoms with Gasteiger partial charge in [0.25, 0.3) is 0 Å². The van der Waals surface area contributed by atoms with Crippen LogP contribution in [0.5, 0.6) is 0 Å². The summed E-state index contributed by atoms with van der Waals surface area (Å²) >= 11 is 5.95. The third kappa shape index (κ3) is 4.11. The van der Waals surface area contributed by atoms with Crippen molar-refractivity contribution < 1.29 is 12.8 Å². The molecule has 3 rings (SSSR count). The summed E-state index contributed by atoms with van der Waals surface area (Å²) in [5.74, 6) is -0.141. The van der Waals surface area contributed by atoms with Gasteiger partial charge in [-0.3, -0.25) is 0 Å². The fourth-order valence-electron chi connectivity index (χ4n) is 2.76. The van der Waals surface area contributed by atoms with E-state index in [-0.39, 0.29) is 16.2 Å². The molecule has 150 valence electrons. The van der Waals surface area contributed by atoms with Crippen molar-refractivity contribution in [1.29, 1.82) is 0 Å². The molecule has 0 unspecified atom stereocenters. The second kappa shape index (κ2) is 7.31. The summed E-state index contributed by atoms with van der Waals surface area (Å²) in [6.45, 7) is 7.07. The van der Waals surface area contributed by atoms with Crippen molar-refractivity contribution in [2.75, 3.05) is 5.32 Å². The molecular weight excluding hydrogens is 405 g/mol. The van der Waals surface area contributed by atoms with Crippen LogP contribution in [0, 0.1) is 5.82 Å². The van der Waals surface area contributed by atoms with E-state index in [2.05, 4.69) is 20.1 Å². The second-order valence-corrected chi connectivity index (χ2v) is 9.36. The highest BCUT2D eigenvalue weighted by Crippen LogP contribution is 2.27. The summed E-state index contributed by atoms with van der Waals surface area (Å²) in [7, 11) is -3.87. The van der Waals surface area contributed by atoms with E-state index in [0.717, 1.165) is 0 Å². The van der Waals surface area contributed by atoms with E-state index in [9.17, 15) is 12.8 Å². The fourth-order valence-corrected chi connectivity index (χ4v) is 4.71. The molecule has 2 aromatic heterocycles. The lowest BCUT2D eigenvalue weighted by Gasteiger charge is -2.20. The first-order valence-electron chi connectivity index (χ1n) is 8.64. The first kappa shape index (κ1) is 20.5. The predicted molar refractivity (Wildman–Crippen MR) is 107 cm³/mol. The topological polar surface area (TPSA) is 88.4 Å². The van der Waals surface area contributed by atoms with Gasteiger partial charge in [-0.25, -0.2) is 22.5 Å². The number of hydrogen-bond donors (Lipinski definition) is 2. The normalized spacial score (nSPS) is 12.5. The van der Waals surface area contributed by atoms with Crippen LogP contribution in [0.25, 0.3) is 5.65 Å². The van der Waals surface area contributed by atoms with E-state index < -0.39 is 21.4 Å². The summed E-state index contributed by atoms with van der Waals surface area (Å²) in [4.78, 5) is 4.22. The number of halogens is 2. The van der Waals surface area contributed by atoms with Crippen LogP contribution >= 0.6 is 11.6 Å². The lowest BCUT2D eigenvalue weighted by Crippen LogP contribution is -2.40. The largest absolute Gasteiger partial charge is 0.338 e. The highest BCUT2D eigenvalue weighted by Gasteiger charge is 2.30. The van der Waals surface area contributed by atoms with Crippen LogP contribution in [0.15, 0.2) is 35.4 Å². The van der Waals surface area contributed by atoms with Gasteiger partial charge in [0.2, 0.25) is 10.0 Å². The lowest BCUT2D eigenvalue weighted by atomic mass is 10.1. The van der Waals surface area contributed by atoms with E-state index in [1.165, 1.54) is 28.9 Å². The van der Waals surface area contributed by atoms with E-state index in [4.69, 9.17) is 11.6 Å². The van der Waals surface area contributed by atoms with Crippen LogP contribution in [-0.4, -0.2) is 28.6 Å². The summed E-state index contributed by atoms with van der Waals surface area (Å²) in [5.41, 5.74) is -0.00500. The number of hydrogen-bond acceptors (Lipinski definition) is 5. The zero-order chi connectivity index (χ0) is 20.7. The van der Waals surface area contributed by atoms with Crippen molar-refractivity contribution in [2.24, 2.45) is 0 Å². The third-order valence-corrected chi connectivity index (χ3v) is 5.85. The number of fused-ring (bicyclic) bond motifs is 1. The van der Waals surface area contributed by atoms with Gasteiger partial charge in [0.05, 0.1) is 11.4 Å². The Hall–Kier alpha value is -2.23. The molecule has 2 N–H and O–H groups in total. The van der Waals surface area contributed by atoms with Crippen LogP contribution in [0.4, 0.5) is 15.9 Å². The Balaban J connectivity index is 2.17. The average Bonchev–Trinajstić information content (AvgIpc) is 2.96. The molecule has 0 spiro atoms. The highest BCUT2D eigenvalue weighted by molar-refractivity contribution is 7.89. The van der Waals surface area contributed by atoms with Crippen molar-refractivity contribution in [2.45, 2.75) is 44.6 Å². The van der Waals surface area contributed by atoms with Crippen molar-refractivity contribution >= 4 is 38.8 Å². The molecule has 28 heavy (non-hydrogen) atoms. The molecule has 0 bridgehead atoms. The van der Waals surface area contributed by atoms with E-state index in [1.54, 1.807) is 26.8 Å². The molecule has 0 amide bonds. The summed E-state index contributed by atoms with van der Waals surface area (Å²) < 4.78 is 44.0. The molecule has 0 radical (unpaired) electrons. The number of rotatable bonds is 5. The first-order chi connectivity index (χ1) is 13.0. The zero-order valence-corrected chi connectivity index (χ0v) is 17.5. The number of nitrogens with zero attached hydrogens (tertiary/aromatic N) is 3. The molecule has 0 saturated heterocycles. The smallest absolute Gasteiger partial charge is 0.246 e. The highest BCUT2D eigenvalue weighted by atomic mass is 35.5. The van der Waals surface area contributed by atoms with Crippen LogP contribution in [0.2, 0.25) is 5.02 Å². The molecule has 0 saturated carbocycles. The molecule has 7 nitrogen and oxygen atoms in total. The number of sulfonamides is 1. The van der Waals surface area contributed by atoms with Gasteiger partial charge in [0.1, 0.15) is 16.5 Å². The molecular formula is C18H21ClFN5O2S. The molecule has 0 atom stereocenters. The minimum atomic E-state index is -3.87. The number of nitrogens with one attached hydrogen (secondary N) is 2. The van der Waals surface area contributed by atoms with Crippen LogP contribution in [-0.2, 0) is 16.4 Å². The molecule has 0 aliphatic rings. The monoisotopic (exact) mass is 425 g/mol. The third-order valence-electron chi connectivity index (χ3n) is 3.78. The molecule has 1 aromatic carbocycles. The average molecular weight is 426 g/mol. The van der Waals surface area contributed by atoms with Gasteiger partial charge in [-0.1, -0.05) is 18.5 Å². The summed E-state index contributed by atoms with van der Waals surface area (Å²) in [6, 6.07) is 5.70. The van der Waals surface area contributed by atoms with E-state index in [0.29, 0.717) is 23.0 Å². The van der Waals surface area contributed by atoms with Gasteiger partial charge < -0.3 is 5.32 Å². The van der Waals surface area contributed by atoms with Gasteiger partial charge in [-0.15, -0.1) is 0 Å². The van der Waals surface area contributed by atoms with Crippen molar-refractivity contribution in [1.82, 2.24) is 19.3 Å². The molecule has 0 aliphatic carbocycles. The number of anilines is 2. The molecule has 0 aliphatic heterocycles. The molecule has 0 fully saturated rings. The maximum atomic E-state index is 14.1. The first-order valence-corrected chi connectivity index (χ1v) is 10.5. The number of aryl methyl sites for hydroxylation is 1. The zero-order valence-electron chi connectivity index (χ0n) is 15.9. The Morgan fingerprint density at radius 2 is 1.96 bits per heavy atom. The van der Waals surface area contributed by atoms with Crippen LogP contribution in [0.1, 0.15) is 33.4 Å². The van der Waals surface area contributed by atoms with Gasteiger partial charge in [-0.05, 0) is 51.5 Å². The van der Waals surface area contributed by atoms with Crippen LogP contribution < -0.4 is 10.0 Å². The Bertz CT molecular complexity index is 1140. The molecule has 10 heteroatoms. The summed E-state index contributed by atoms with van der Waals surface area (Å²) in [6.07, 6.45) is 1.83. The van der Waals surface area contributed by atoms with Gasteiger partial charge in [-0.2, -0.15) is 9.61 Å². The number of aromatic nitrogens is 3. The van der Waals surface area contributed by atoms with E-state index in [1.807, 2.05) is 6.92 Å². The Labute approximate surface area is 168 Å². The minimum Gasteiger partial charge on any atom is -0.338 e. The molecule has 2 heterocycles. The molecule has 3 aromatic rings.